The second-order valence-electron chi connectivity index (χ2n) is 8.19. The van der Waals surface area contributed by atoms with Crippen LogP contribution in [0.4, 0.5) is 4.39 Å². The molecule has 0 spiro atoms. The van der Waals surface area contributed by atoms with Crippen LogP contribution in [0.2, 0.25) is 0 Å². The number of fused-ring (bicyclic) bond motifs is 1. The molecule has 1 aromatic heterocycles. The fourth-order valence-corrected chi connectivity index (χ4v) is 4.65. The van der Waals surface area contributed by atoms with Gasteiger partial charge in [-0.2, -0.15) is 0 Å². The summed E-state index contributed by atoms with van der Waals surface area (Å²) in [5, 5.41) is 9.46. The fraction of sp³-hybridized carbons (Fsp3) is 0.280. The Hall–Kier alpha value is -3.05. The van der Waals surface area contributed by atoms with Gasteiger partial charge in [0.25, 0.3) is 0 Å². The van der Waals surface area contributed by atoms with Crippen LogP contribution >= 0.6 is 0 Å². The van der Waals surface area contributed by atoms with Crippen LogP contribution in [0, 0.1) is 5.82 Å². The van der Waals surface area contributed by atoms with E-state index in [9.17, 15) is 14.3 Å². The molecule has 3 aromatic rings. The summed E-state index contributed by atoms with van der Waals surface area (Å²) in [4.78, 5) is 18.2. The summed E-state index contributed by atoms with van der Waals surface area (Å²) in [5.41, 5.74) is 5.17. The summed E-state index contributed by atoms with van der Waals surface area (Å²) < 4.78 is 14.3. The number of halogens is 1. The van der Waals surface area contributed by atoms with E-state index in [1.165, 1.54) is 36.2 Å². The third kappa shape index (κ3) is 3.50. The Morgan fingerprint density at radius 3 is 2.77 bits per heavy atom. The highest BCUT2D eigenvalue weighted by Gasteiger charge is 2.39. The Bertz CT molecular complexity index is 1110. The Balaban J connectivity index is 1.43. The van der Waals surface area contributed by atoms with Crippen molar-refractivity contribution in [1.29, 1.82) is 0 Å². The number of benzene rings is 2. The normalized spacial score (nSPS) is 18.4. The molecule has 4 nitrogen and oxygen atoms in total. The van der Waals surface area contributed by atoms with Crippen molar-refractivity contribution in [2.75, 3.05) is 0 Å². The average Bonchev–Trinajstić information content (AvgIpc) is 3.54. The van der Waals surface area contributed by atoms with Gasteiger partial charge in [-0.05, 0) is 66.1 Å². The third-order valence-corrected chi connectivity index (χ3v) is 6.28. The van der Waals surface area contributed by atoms with Gasteiger partial charge in [0.15, 0.2) is 0 Å². The Labute approximate surface area is 175 Å². The third-order valence-electron chi connectivity index (χ3n) is 6.28. The van der Waals surface area contributed by atoms with Crippen molar-refractivity contribution >= 4 is 5.97 Å². The maximum atomic E-state index is 14.3. The summed E-state index contributed by atoms with van der Waals surface area (Å²) >= 11 is 0. The molecule has 30 heavy (non-hydrogen) atoms. The molecule has 0 amide bonds. The van der Waals surface area contributed by atoms with Crippen LogP contribution < -0.4 is 0 Å². The van der Waals surface area contributed by atoms with E-state index in [1.54, 1.807) is 18.3 Å². The lowest BCUT2D eigenvalue weighted by Gasteiger charge is -2.25. The van der Waals surface area contributed by atoms with E-state index >= 15 is 0 Å². The molecular formula is C25H23FN2O2. The minimum Gasteiger partial charge on any atom is -0.478 e. The number of carboxylic acids is 1. The number of hydrogen-bond acceptors (Lipinski definition) is 3. The predicted octanol–water partition coefficient (Wildman–Crippen LogP) is 5.24. The van der Waals surface area contributed by atoms with Crippen LogP contribution in [0.1, 0.15) is 52.4 Å². The van der Waals surface area contributed by atoms with Gasteiger partial charge >= 0.3 is 5.97 Å². The highest BCUT2D eigenvalue weighted by molar-refractivity contribution is 5.89. The van der Waals surface area contributed by atoms with E-state index in [0.29, 0.717) is 23.6 Å². The van der Waals surface area contributed by atoms with Crippen LogP contribution in [0.25, 0.3) is 11.1 Å². The van der Waals surface area contributed by atoms with Crippen molar-refractivity contribution in [3.63, 3.8) is 0 Å². The number of hydrogen-bond donors (Lipinski definition) is 1. The molecule has 2 heterocycles. The molecule has 1 saturated carbocycles. The van der Waals surface area contributed by atoms with Crippen molar-refractivity contribution in [3.8, 4) is 11.1 Å². The number of aromatic carboxylic acids is 1. The average molecular weight is 402 g/mol. The van der Waals surface area contributed by atoms with E-state index in [4.69, 9.17) is 0 Å². The lowest BCUT2D eigenvalue weighted by atomic mass is 9.94. The fourth-order valence-electron chi connectivity index (χ4n) is 4.65. The van der Waals surface area contributed by atoms with Gasteiger partial charge < -0.3 is 5.11 Å². The smallest absolute Gasteiger partial charge is 0.336 e. The molecule has 0 bridgehead atoms. The van der Waals surface area contributed by atoms with Crippen LogP contribution in [0.3, 0.4) is 0 Å². The Morgan fingerprint density at radius 1 is 1.17 bits per heavy atom. The van der Waals surface area contributed by atoms with E-state index < -0.39 is 5.97 Å². The van der Waals surface area contributed by atoms with Crippen LogP contribution in [0.5, 0.6) is 0 Å². The maximum Gasteiger partial charge on any atom is 0.336 e. The second kappa shape index (κ2) is 7.65. The van der Waals surface area contributed by atoms with Gasteiger partial charge in [-0.1, -0.05) is 30.3 Å². The van der Waals surface area contributed by atoms with E-state index in [2.05, 4.69) is 22.0 Å². The molecule has 2 aromatic carbocycles. The first-order chi connectivity index (χ1) is 14.6. The zero-order chi connectivity index (χ0) is 20.7. The molecule has 1 fully saturated rings. The zero-order valence-corrected chi connectivity index (χ0v) is 16.6. The Morgan fingerprint density at radius 2 is 2.00 bits per heavy atom. The molecule has 2 aliphatic rings. The van der Waals surface area contributed by atoms with Gasteiger partial charge in [0.05, 0.1) is 5.56 Å². The summed E-state index contributed by atoms with van der Waals surface area (Å²) in [6.07, 6.45) is 7.11. The molecule has 1 atom stereocenters. The number of aryl methyl sites for hydroxylation is 1. The van der Waals surface area contributed by atoms with Gasteiger partial charge in [-0.25, -0.2) is 9.18 Å². The monoisotopic (exact) mass is 402 g/mol. The maximum absolute atomic E-state index is 14.3. The van der Waals surface area contributed by atoms with Crippen LogP contribution in [0.15, 0.2) is 60.9 Å². The molecule has 0 saturated heterocycles. The zero-order valence-electron chi connectivity index (χ0n) is 16.6. The largest absolute Gasteiger partial charge is 0.478 e. The lowest BCUT2D eigenvalue weighted by molar-refractivity contribution is 0.0695. The van der Waals surface area contributed by atoms with Crippen molar-refractivity contribution in [3.05, 3.63) is 89.0 Å². The standard InChI is InChI=1S/C25H23FN2O2/c26-23-4-2-1-3-20(23)16-5-9-21-18(13-16)15-28(19-7-8-19)24(21)10-6-17-14-27-12-11-22(17)25(29)30/h1-5,9,11-14,19,24H,6-8,10,15H2,(H,29,30)/t24-/m0/s1. The van der Waals surface area contributed by atoms with Crippen molar-refractivity contribution in [2.24, 2.45) is 0 Å². The quantitative estimate of drug-likeness (QED) is 0.613. The SMILES string of the molecule is O=C(O)c1ccncc1CC[C@H]1c2ccc(-c3ccccc3F)cc2CN1C1CC1. The van der Waals surface area contributed by atoms with Gasteiger partial charge in [0, 0.05) is 36.6 Å². The van der Waals surface area contributed by atoms with Gasteiger partial charge in [-0.3, -0.25) is 9.88 Å². The van der Waals surface area contributed by atoms with Crippen LogP contribution in [-0.4, -0.2) is 27.0 Å². The predicted molar refractivity (Wildman–Crippen MR) is 113 cm³/mol. The molecule has 5 rings (SSSR count). The first-order valence-corrected chi connectivity index (χ1v) is 10.4. The molecule has 1 aliphatic carbocycles. The number of nitrogens with zero attached hydrogens (tertiary/aromatic N) is 2. The van der Waals surface area contributed by atoms with Crippen LogP contribution in [-0.2, 0) is 13.0 Å². The minimum atomic E-state index is -0.909. The Kier molecular flexibility index (Phi) is 4.83. The summed E-state index contributed by atoms with van der Waals surface area (Å²) in [6.45, 7) is 0.867. The number of carboxylic acid groups (broad SMARTS) is 1. The molecule has 1 aliphatic heterocycles. The molecule has 0 unspecified atom stereocenters. The van der Waals surface area contributed by atoms with Crippen molar-refractivity contribution in [2.45, 2.75) is 44.3 Å². The van der Waals surface area contributed by atoms with Gasteiger partial charge in [0.1, 0.15) is 5.82 Å². The second-order valence-corrected chi connectivity index (χ2v) is 8.19. The van der Waals surface area contributed by atoms with E-state index in [1.807, 2.05) is 18.2 Å². The number of rotatable bonds is 6. The first kappa shape index (κ1) is 18.9. The molecule has 1 N–H and O–H groups in total. The molecule has 0 radical (unpaired) electrons. The lowest BCUT2D eigenvalue weighted by Crippen LogP contribution is -2.25. The first-order valence-electron chi connectivity index (χ1n) is 10.4. The van der Waals surface area contributed by atoms with E-state index in [0.717, 1.165) is 24.1 Å². The van der Waals surface area contributed by atoms with Crippen molar-refractivity contribution < 1.29 is 14.3 Å². The minimum absolute atomic E-state index is 0.205. The summed E-state index contributed by atoms with van der Waals surface area (Å²) in [5.74, 6) is -1.11. The molecule has 5 heteroatoms. The number of aromatic nitrogens is 1. The summed E-state index contributed by atoms with van der Waals surface area (Å²) in [7, 11) is 0. The highest BCUT2D eigenvalue weighted by Crippen LogP contribution is 2.45. The summed E-state index contributed by atoms with van der Waals surface area (Å²) in [6, 6.07) is 15.6. The van der Waals surface area contributed by atoms with E-state index in [-0.39, 0.29) is 11.9 Å². The topological polar surface area (TPSA) is 53.4 Å². The highest BCUT2D eigenvalue weighted by atomic mass is 19.1. The van der Waals surface area contributed by atoms with Gasteiger partial charge in [-0.15, -0.1) is 0 Å². The number of pyridine rings is 1. The van der Waals surface area contributed by atoms with Crippen molar-refractivity contribution in [1.82, 2.24) is 9.88 Å². The molecule has 152 valence electrons. The molecular weight excluding hydrogens is 379 g/mol. The van der Waals surface area contributed by atoms with Gasteiger partial charge in [0.2, 0.25) is 0 Å². The number of carbonyl (C=O) groups is 1.